The highest BCUT2D eigenvalue weighted by molar-refractivity contribution is 7.13. The fraction of sp³-hybridized carbons (Fsp3) is 0.562. The summed E-state index contributed by atoms with van der Waals surface area (Å²) in [5, 5.41) is 4.80. The van der Waals surface area contributed by atoms with Crippen molar-refractivity contribution in [1.82, 2.24) is 19.0 Å². The summed E-state index contributed by atoms with van der Waals surface area (Å²) in [5.74, 6) is 1.28. The number of fused-ring (bicyclic) bond motifs is 6. The van der Waals surface area contributed by atoms with E-state index in [9.17, 15) is 0 Å². The van der Waals surface area contributed by atoms with E-state index in [2.05, 4.69) is 93.7 Å². The molecule has 2 unspecified atom stereocenters. The molecule has 3 heterocycles. The van der Waals surface area contributed by atoms with Gasteiger partial charge in [-0.15, -0.1) is 11.3 Å². The van der Waals surface area contributed by atoms with Crippen molar-refractivity contribution in [2.24, 2.45) is 16.2 Å². The lowest BCUT2D eigenvalue weighted by molar-refractivity contribution is -0.140. The minimum Gasteiger partial charge on any atom is -0.497 e. The Morgan fingerprint density at radius 3 is 1.76 bits per heavy atom. The highest BCUT2D eigenvalue weighted by atomic mass is 32.1. The van der Waals surface area contributed by atoms with Crippen molar-refractivity contribution >= 4 is 50.1 Å². The number of hydrogen-bond donors (Lipinski definition) is 0. The molecule has 0 fully saturated rings. The molecule has 2 aromatic carbocycles. The van der Waals surface area contributed by atoms with Crippen LogP contribution >= 0.6 is 11.3 Å². The lowest BCUT2D eigenvalue weighted by Gasteiger charge is -2.40. The molecule has 0 N–H and O–H groups in total. The maximum Gasteiger partial charge on any atom is 0.254 e. The quantitative estimate of drug-likeness (QED) is 0.118. The summed E-state index contributed by atoms with van der Waals surface area (Å²) in [5.41, 5.74) is 6.67. The molecule has 2 amide bonds. The lowest BCUT2D eigenvalue weighted by Crippen LogP contribution is -2.49. The van der Waals surface area contributed by atoms with E-state index in [1.807, 2.05) is 29.3 Å². The van der Waals surface area contributed by atoms with E-state index >= 15 is 9.59 Å². The van der Waals surface area contributed by atoms with Crippen LogP contribution in [0.4, 0.5) is 5.13 Å². The molecule has 2 aliphatic rings. The summed E-state index contributed by atoms with van der Waals surface area (Å²) < 4.78 is 16.4. The Morgan fingerprint density at radius 2 is 1.33 bits per heavy atom. The smallest absolute Gasteiger partial charge is 0.254 e. The fourth-order valence-electron chi connectivity index (χ4n) is 9.59. The molecule has 9 nitrogen and oxygen atoms in total. The van der Waals surface area contributed by atoms with Gasteiger partial charge in [0.1, 0.15) is 23.6 Å². The van der Waals surface area contributed by atoms with Gasteiger partial charge in [0.05, 0.1) is 25.3 Å². The van der Waals surface area contributed by atoms with E-state index in [-0.39, 0.29) is 28.1 Å². The number of anilines is 1. The van der Waals surface area contributed by atoms with Gasteiger partial charge >= 0.3 is 0 Å². The molecule has 2 aliphatic carbocycles. The zero-order valence-corrected chi connectivity index (χ0v) is 37.6. The van der Waals surface area contributed by atoms with Gasteiger partial charge in [0.25, 0.3) is 5.91 Å². The first-order valence-electron chi connectivity index (χ1n) is 21.4. The van der Waals surface area contributed by atoms with E-state index in [0.717, 1.165) is 96.1 Å². The number of ether oxygens (including phenoxy) is 2. The molecule has 0 spiro atoms. The van der Waals surface area contributed by atoms with E-state index in [4.69, 9.17) is 14.5 Å². The number of carbonyl (C=O) groups excluding carboxylic acids is 2. The van der Waals surface area contributed by atoms with Crippen LogP contribution < -0.4 is 14.4 Å². The number of aryl methyl sites for hydroxylation is 2. The molecule has 3 aromatic heterocycles. The standard InChI is InChI=1S/C48H65N5O4S/c1-12-24-50(25-22-46(3,4)5)43(54)41(52-37-27-31(56-10)14-16-33(37)35-18-20-47(6,7)29-39(35)52)42(44(55)51(13-2)45-49-23-26-58-45)53-38-28-32(57-11)15-17-34(38)36-19-21-48(8,9)30-40(36)53/h14-17,23,26-28,41-42H,12-13,18-22,24-25,29-30H2,1-11H3. The van der Waals surface area contributed by atoms with Gasteiger partial charge in [-0.3, -0.25) is 14.5 Å². The van der Waals surface area contributed by atoms with Crippen LogP contribution in [-0.4, -0.2) is 64.7 Å². The number of benzene rings is 2. The minimum absolute atomic E-state index is 0.00129. The SMILES string of the molecule is CCCN(CCC(C)(C)C)C(=O)C(C(C(=O)N(CC)c1nccs1)n1c2c(c3ccc(OC)cc31)CCC(C)(C)C2)n1c2c(c3ccc(OC)cc31)CCC(C)(C)C2. The fourth-order valence-corrected chi connectivity index (χ4v) is 10.3. The molecule has 0 bridgehead atoms. The molecule has 7 rings (SSSR count). The van der Waals surface area contributed by atoms with Crippen molar-refractivity contribution in [2.45, 2.75) is 126 Å². The summed E-state index contributed by atoms with van der Waals surface area (Å²) in [6.45, 7) is 21.8. The number of amides is 2. The number of thiazole rings is 1. The molecule has 0 aliphatic heterocycles. The van der Waals surface area contributed by atoms with Crippen molar-refractivity contribution in [2.75, 3.05) is 38.8 Å². The average Bonchev–Trinajstić information content (AvgIpc) is 3.89. The topological polar surface area (TPSA) is 81.8 Å². The van der Waals surface area contributed by atoms with Gasteiger partial charge in [-0.05, 0) is 110 Å². The van der Waals surface area contributed by atoms with Crippen LogP contribution in [0, 0.1) is 16.2 Å². The molecule has 0 radical (unpaired) electrons. The second-order valence-corrected chi connectivity index (χ2v) is 20.3. The Labute approximate surface area is 349 Å². The summed E-state index contributed by atoms with van der Waals surface area (Å²) >= 11 is 1.46. The largest absolute Gasteiger partial charge is 0.497 e. The minimum atomic E-state index is -0.950. The zero-order valence-electron chi connectivity index (χ0n) is 36.8. The normalized spacial score (nSPS) is 17.1. The first-order chi connectivity index (χ1) is 27.5. The first-order valence-corrected chi connectivity index (χ1v) is 22.3. The summed E-state index contributed by atoms with van der Waals surface area (Å²) in [6.07, 6.45) is 8.83. The van der Waals surface area contributed by atoms with E-state index < -0.39 is 12.1 Å². The average molecular weight is 808 g/mol. The van der Waals surface area contributed by atoms with Gasteiger partial charge in [0.2, 0.25) is 5.91 Å². The molecule has 10 heteroatoms. The van der Waals surface area contributed by atoms with Crippen LogP contribution in [0.3, 0.4) is 0 Å². The zero-order chi connectivity index (χ0) is 41.7. The van der Waals surface area contributed by atoms with Crippen LogP contribution in [0.1, 0.15) is 123 Å². The second kappa shape index (κ2) is 16.0. The Bertz CT molecular complexity index is 2290. The number of methoxy groups -OCH3 is 2. The third kappa shape index (κ3) is 7.90. The van der Waals surface area contributed by atoms with Crippen LogP contribution in [0.2, 0.25) is 0 Å². The molecule has 312 valence electrons. The van der Waals surface area contributed by atoms with E-state index in [1.165, 1.54) is 22.5 Å². The van der Waals surface area contributed by atoms with Gasteiger partial charge in [0.15, 0.2) is 5.13 Å². The monoisotopic (exact) mass is 807 g/mol. The van der Waals surface area contributed by atoms with Gasteiger partial charge in [-0.25, -0.2) is 4.98 Å². The Hall–Kier alpha value is -4.31. The number of carbonyl (C=O) groups is 2. The van der Waals surface area contributed by atoms with Gasteiger partial charge in [0, 0.05) is 65.5 Å². The third-order valence-electron chi connectivity index (χ3n) is 12.8. The third-order valence-corrected chi connectivity index (χ3v) is 13.6. The van der Waals surface area contributed by atoms with Crippen LogP contribution in [0.15, 0.2) is 48.0 Å². The predicted octanol–water partition coefficient (Wildman–Crippen LogP) is 10.6. The van der Waals surface area contributed by atoms with Crippen molar-refractivity contribution in [3.05, 3.63) is 70.5 Å². The number of rotatable bonds is 13. The van der Waals surface area contributed by atoms with Crippen LogP contribution in [0.5, 0.6) is 11.5 Å². The summed E-state index contributed by atoms with van der Waals surface area (Å²) in [7, 11) is 3.39. The molecular formula is C48H65N5O4S. The highest BCUT2D eigenvalue weighted by Crippen LogP contribution is 2.48. The highest BCUT2D eigenvalue weighted by Gasteiger charge is 2.47. The Balaban J connectivity index is 1.63. The number of aromatic nitrogens is 3. The predicted molar refractivity (Wildman–Crippen MR) is 238 cm³/mol. The van der Waals surface area contributed by atoms with Crippen molar-refractivity contribution in [3.8, 4) is 11.5 Å². The molecular weight excluding hydrogens is 743 g/mol. The number of nitrogens with zero attached hydrogens (tertiary/aromatic N) is 5. The molecule has 0 saturated heterocycles. The van der Waals surface area contributed by atoms with E-state index in [0.29, 0.717) is 24.8 Å². The van der Waals surface area contributed by atoms with Crippen molar-refractivity contribution in [1.29, 1.82) is 0 Å². The molecule has 5 aromatic rings. The summed E-state index contributed by atoms with van der Waals surface area (Å²) in [4.78, 5) is 41.1. The van der Waals surface area contributed by atoms with Crippen LogP contribution in [0.25, 0.3) is 21.8 Å². The molecule has 0 saturated carbocycles. The second-order valence-electron chi connectivity index (χ2n) is 19.5. The van der Waals surface area contributed by atoms with Crippen LogP contribution in [-0.2, 0) is 35.3 Å². The molecule has 58 heavy (non-hydrogen) atoms. The van der Waals surface area contributed by atoms with Gasteiger partial charge in [-0.1, -0.05) is 55.4 Å². The lowest BCUT2D eigenvalue weighted by atomic mass is 9.76. The summed E-state index contributed by atoms with van der Waals surface area (Å²) in [6, 6.07) is 10.7. The van der Waals surface area contributed by atoms with Gasteiger partial charge in [-0.2, -0.15) is 0 Å². The first kappa shape index (κ1) is 41.8. The maximum absolute atomic E-state index is 16.3. The molecule has 2 atom stereocenters. The number of hydrogen-bond acceptors (Lipinski definition) is 6. The van der Waals surface area contributed by atoms with Crippen molar-refractivity contribution < 1.29 is 19.1 Å². The number of likely N-dealkylation sites (N-methyl/N-ethyl adjacent to an activating group) is 1. The Kier molecular flexibility index (Phi) is 11.6. The van der Waals surface area contributed by atoms with Crippen molar-refractivity contribution in [3.63, 3.8) is 0 Å². The van der Waals surface area contributed by atoms with E-state index in [1.54, 1.807) is 20.4 Å². The maximum atomic E-state index is 16.3. The Morgan fingerprint density at radius 1 is 0.810 bits per heavy atom. The van der Waals surface area contributed by atoms with Gasteiger partial charge < -0.3 is 23.5 Å².